The second kappa shape index (κ2) is 10.4. The number of fused-ring (bicyclic) bond motifs is 1. The summed E-state index contributed by atoms with van der Waals surface area (Å²) in [6.07, 6.45) is 5.00. The van der Waals surface area contributed by atoms with Crippen LogP contribution in [0, 0.1) is 11.3 Å². The number of methoxy groups -OCH3 is 1. The molecule has 0 bridgehead atoms. The number of para-hydroxylation sites is 3. The van der Waals surface area contributed by atoms with Crippen molar-refractivity contribution >= 4 is 10.9 Å². The van der Waals surface area contributed by atoms with Gasteiger partial charge in [0.15, 0.2) is 0 Å². The van der Waals surface area contributed by atoms with E-state index in [1.165, 1.54) is 11.7 Å². The Labute approximate surface area is 213 Å². The van der Waals surface area contributed by atoms with Crippen LogP contribution in [0.4, 0.5) is 0 Å². The SMILES string of the molecule is COc1ccccc1-n1c(=O)c2ccccc2n(CCCc2cncn2Cc2ccc(C#N)cc2)c1=O. The molecule has 0 N–H and O–H groups in total. The van der Waals surface area contributed by atoms with E-state index < -0.39 is 5.69 Å². The Morgan fingerprint density at radius 1 is 0.973 bits per heavy atom. The Kier molecular flexibility index (Phi) is 6.68. The predicted octanol–water partition coefficient (Wildman–Crippen LogP) is 3.91. The van der Waals surface area contributed by atoms with E-state index in [0.29, 0.717) is 53.8 Å². The summed E-state index contributed by atoms with van der Waals surface area (Å²) >= 11 is 0. The number of benzene rings is 3. The van der Waals surface area contributed by atoms with Gasteiger partial charge in [-0.2, -0.15) is 5.26 Å². The average Bonchev–Trinajstić information content (AvgIpc) is 3.38. The van der Waals surface area contributed by atoms with Crippen LogP contribution >= 0.6 is 0 Å². The van der Waals surface area contributed by atoms with E-state index >= 15 is 0 Å². The lowest BCUT2D eigenvalue weighted by atomic mass is 10.1. The molecular formula is C29H25N5O3. The molecule has 8 nitrogen and oxygen atoms in total. The lowest BCUT2D eigenvalue weighted by Gasteiger charge is -2.16. The molecule has 0 atom stereocenters. The van der Waals surface area contributed by atoms with Crippen molar-refractivity contribution in [3.05, 3.63) is 123 Å². The number of aryl methyl sites for hydroxylation is 2. The molecule has 0 aliphatic rings. The standard InChI is InChI=1S/C29H25N5O3/c1-37-27-11-5-4-10-26(27)34-28(35)24-8-2-3-9-25(24)33(29(34)36)16-6-7-23-18-31-20-32(23)19-22-14-12-21(17-30)13-15-22/h2-5,8-15,18,20H,6-7,16,19H2,1H3. The van der Waals surface area contributed by atoms with E-state index in [4.69, 9.17) is 10.00 Å². The minimum absolute atomic E-state index is 0.373. The van der Waals surface area contributed by atoms with Crippen molar-refractivity contribution < 1.29 is 4.74 Å². The molecule has 0 fully saturated rings. The van der Waals surface area contributed by atoms with Gasteiger partial charge in [0.25, 0.3) is 5.56 Å². The highest BCUT2D eigenvalue weighted by Crippen LogP contribution is 2.20. The third-order valence-electron chi connectivity index (χ3n) is 6.43. The van der Waals surface area contributed by atoms with Crippen LogP contribution in [-0.2, 0) is 19.5 Å². The molecule has 3 aromatic carbocycles. The van der Waals surface area contributed by atoms with Crippen molar-refractivity contribution in [3.8, 4) is 17.5 Å². The van der Waals surface area contributed by atoms with Gasteiger partial charge in [-0.25, -0.2) is 14.3 Å². The van der Waals surface area contributed by atoms with Gasteiger partial charge in [-0.3, -0.25) is 9.36 Å². The van der Waals surface area contributed by atoms with Gasteiger partial charge in [-0.15, -0.1) is 0 Å². The lowest BCUT2D eigenvalue weighted by molar-refractivity contribution is 0.411. The largest absolute Gasteiger partial charge is 0.495 e. The number of nitrogens with zero attached hydrogens (tertiary/aromatic N) is 5. The fraction of sp³-hybridized carbons (Fsp3) is 0.172. The number of nitriles is 1. The molecule has 37 heavy (non-hydrogen) atoms. The zero-order chi connectivity index (χ0) is 25.8. The first-order valence-electron chi connectivity index (χ1n) is 12.0. The van der Waals surface area contributed by atoms with Crippen LogP contribution in [0.5, 0.6) is 5.75 Å². The van der Waals surface area contributed by atoms with Crippen molar-refractivity contribution in [2.45, 2.75) is 25.9 Å². The zero-order valence-electron chi connectivity index (χ0n) is 20.4. The van der Waals surface area contributed by atoms with Crippen molar-refractivity contribution in [2.75, 3.05) is 7.11 Å². The first-order valence-corrected chi connectivity index (χ1v) is 12.0. The summed E-state index contributed by atoms with van der Waals surface area (Å²) in [5.74, 6) is 0.454. The minimum atomic E-state index is -0.403. The average molecular weight is 492 g/mol. The summed E-state index contributed by atoms with van der Waals surface area (Å²) in [4.78, 5) is 31.3. The molecule has 184 valence electrons. The highest BCUT2D eigenvalue weighted by atomic mass is 16.5. The quantitative estimate of drug-likeness (QED) is 0.328. The lowest BCUT2D eigenvalue weighted by Crippen LogP contribution is -2.39. The highest BCUT2D eigenvalue weighted by molar-refractivity contribution is 5.78. The van der Waals surface area contributed by atoms with Gasteiger partial charge in [0.05, 0.1) is 41.7 Å². The summed E-state index contributed by atoms with van der Waals surface area (Å²) in [6.45, 7) is 1.07. The maximum Gasteiger partial charge on any atom is 0.336 e. The molecular weight excluding hydrogens is 466 g/mol. The van der Waals surface area contributed by atoms with Gasteiger partial charge in [-0.05, 0) is 54.8 Å². The fourth-order valence-corrected chi connectivity index (χ4v) is 4.56. The van der Waals surface area contributed by atoms with Crippen LogP contribution in [0.15, 0.2) is 94.9 Å². The molecule has 2 heterocycles. The second-order valence-corrected chi connectivity index (χ2v) is 8.69. The van der Waals surface area contributed by atoms with Crippen molar-refractivity contribution in [1.29, 1.82) is 5.26 Å². The number of aromatic nitrogens is 4. The van der Waals surface area contributed by atoms with Gasteiger partial charge in [0, 0.05) is 25.0 Å². The van der Waals surface area contributed by atoms with Gasteiger partial charge in [-0.1, -0.05) is 36.4 Å². The molecule has 0 amide bonds. The van der Waals surface area contributed by atoms with Crippen molar-refractivity contribution in [2.24, 2.45) is 0 Å². The smallest absolute Gasteiger partial charge is 0.336 e. The molecule has 0 spiro atoms. The topological polar surface area (TPSA) is 94.8 Å². The molecule has 8 heteroatoms. The maximum atomic E-state index is 13.7. The van der Waals surface area contributed by atoms with Crippen LogP contribution in [0.25, 0.3) is 16.6 Å². The fourth-order valence-electron chi connectivity index (χ4n) is 4.56. The summed E-state index contributed by atoms with van der Waals surface area (Å²) in [7, 11) is 1.52. The highest BCUT2D eigenvalue weighted by Gasteiger charge is 2.17. The van der Waals surface area contributed by atoms with E-state index in [1.807, 2.05) is 24.4 Å². The number of rotatable bonds is 8. The number of imidazole rings is 1. The molecule has 0 saturated carbocycles. The molecule has 5 aromatic rings. The third-order valence-corrected chi connectivity index (χ3v) is 6.43. The molecule has 5 rings (SSSR count). The van der Waals surface area contributed by atoms with Crippen LogP contribution < -0.4 is 16.0 Å². The Balaban J connectivity index is 1.44. The molecule has 0 unspecified atom stereocenters. The number of hydrogen-bond donors (Lipinski definition) is 0. The van der Waals surface area contributed by atoms with Crippen molar-refractivity contribution in [1.82, 2.24) is 18.7 Å². The van der Waals surface area contributed by atoms with Gasteiger partial charge in [0.1, 0.15) is 5.75 Å². The Bertz CT molecular complexity index is 1720. The summed E-state index contributed by atoms with van der Waals surface area (Å²) < 4.78 is 10.3. The first-order chi connectivity index (χ1) is 18.1. The van der Waals surface area contributed by atoms with E-state index in [9.17, 15) is 9.59 Å². The van der Waals surface area contributed by atoms with Gasteiger partial charge < -0.3 is 9.30 Å². The monoisotopic (exact) mass is 491 g/mol. The van der Waals surface area contributed by atoms with Gasteiger partial charge in [0.2, 0.25) is 0 Å². The summed E-state index contributed by atoms with van der Waals surface area (Å²) in [5.41, 5.74) is 2.99. The first kappa shape index (κ1) is 23.8. The Morgan fingerprint density at radius 3 is 2.51 bits per heavy atom. The molecule has 0 aliphatic heterocycles. The zero-order valence-corrected chi connectivity index (χ0v) is 20.4. The van der Waals surface area contributed by atoms with Crippen LogP contribution in [0.2, 0.25) is 0 Å². The third kappa shape index (κ3) is 4.67. The Hall–Kier alpha value is -4.90. The van der Waals surface area contributed by atoms with Crippen LogP contribution in [-0.4, -0.2) is 25.8 Å². The molecule has 0 saturated heterocycles. The maximum absolute atomic E-state index is 13.7. The van der Waals surface area contributed by atoms with Crippen LogP contribution in [0.3, 0.4) is 0 Å². The van der Waals surface area contributed by atoms with Gasteiger partial charge >= 0.3 is 5.69 Å². The number of ether oxygens (including phenoxy) is 1. The Morgan fingerprint density at radius 2 is 1.73 bits per heavy atom. The van der Waals surface area contributed by atoms with E-state index in [0.717, 1.165) is 11.3 Å². The number of hydrogen-bond acceptors (Lipinski definition) is 5. The normalized spacial score (nSPS) is 10.9. The summed E-state index contributed by atoms with van der Waals surface area (Å²) in [5, 5.41) is 9.49. The minimum Gasteiger partial charge on any atom is -0.495 e. The second-order valence-electron chi connectivity index (χ2n) is 8.69. The van der Waals surface area contributed by atoms with E-state index in [2.05, 4.69) is 15.6 Å². The molecule has 0 aliphatic carbocycles. The van der Waals surface area contributed by atoms with Crippen molar-refractivity contribution in [3.63, 3.8) is 0 Å². The molecule has 0 radical (unpaired) electrons. The van der Waals surface area contributed by atoms with E-state index in [-0.39, 0.29) is 5.56 Å². The predicted molar refractivity (Wildman–Crippen MR) is 141 cm³/mol. The summed E-state index contributed by atoms with van der Waals surface area (Å²) in [6, 6.07) is 23.8. The van der Waals surface area contributed by atoms with Crippen LogP contribution in [0.1, 0.15) is 23.2 Å². The van der Waals surface area contributed by atoms with E-state index in [1.54, 1.807) is 65.5 Å². The molecule has 2 aromatic heterocycles.